The fourth-order valence-electron chi connectivity index (χ4n) is 3.89. The zero-order valence-electron chi connectivity index (χ0n) is 15.7. The zero-order valence-corrected chi connectivity index (χ0v) is 17.3. The average molecular weight is 434 g/mol. The lowest BCUT2D eigenvalue weighted by Gasteiger charge is -2.44. The van der Waals surface area contributed by atoms with E-state index < -0.39 is 0 Å². The van der Waals surface area contributed by atoms with Gasteiger partial charge in [-0.2, -0.15) is 0 Å². The number of amides is 3. The normalized spacial score (nSPS) is 18.1. The minimum Gasteiger partial charge on any atom is -0.324 e. The number of halogens is 2. The van der Waals surface area contributed by atoms with Gasteiger partial charge in [0.25, 0.3) is 5.91 Å². The number of piperidine rings is 1. The smallest absolute Gasteiger partial charge is 0.321 e. The van der Waals surface area contributed by atoms with Crippen LogP contribution in [0.2, 0.25) is 5.02 Å². The molecule has 8 heteroatoms. The van der Waals surface area contributed by atoms with Gasteiger partial charge in [-0.05, 0) is 55.3 Å². The molecule has 1 spiro atoms. The van der Waals surface area contributed by atoms with Gasteiger partial charge in [0.15, 0.2) is 0 Å². The summed E-state index contributed by atoms with van der Waals surface area (Å²) in [5.74, 6) is 0.498. The van der Waals surface area contributed by atoms with E-state index in [4.69, 9.17) is 11.6 Å². The predicted molar refractivity (Wildman–Crippen MR) is 114 cm³/mol. The van der Waals surface area contributed by atoms with Crippen LogP contribution < -0.4 is 5.32 Å². The maximum Gasteiger partial charge on any atom is 0.321 e. The number of nitrogens with zero attached hydrogens (tertiary/aromatic N) is 2. The summed E-state index contributed by atoms with van der Waals surface area (Å²) >= 11 is 7.73. The van der Waals surface area contributed by atoms with E-state index in [0.717, 1.165) is 5.75 Å². The molecule has 0 aliphatic carbocycles. The van der Waals surface area contributed by atoms with Gasteiger partial charge < -0.3 is 15.1 Å². The van der Waals surface area contributed by atoms with Crippen LogP contribution in [0.5, 0.6) is 0 Å². The Morgan fingerprint density at radius 3 is 2.48 bits per heavy atom. The molecule has 2 aliphatic rings. The molecule has 29 heavy (non-hydrogen) atoms. The molecule has 0 saturated carbocycles. The third-order valence-corrected chi connectivity index (χ3v) is 7.23. The summed E-state index contributed by atoms with van der Waals surface area (Å²) in [6.45, 7) is 1.78. The maximum absolute atomic E-state index is 13.3. The highest BCUT2D eigenvalue weighted by atomic mass is 35.5. The molecule has 2 fully saturated rings. The van der Waals surface area contributed by atoms with Crippen molar-refractivity contribution in [1.29, 1.82) is 0 Å². The van der Waals surface area contributed by atoms with Gasteiger partial charge >= 0.3 is 6.03 Å². The van der Waals surface area contributed by atoms with Crippen LogP contribution in [0, 0.1) is 5.82 Å². The molecule has 152 valence electrons. The zero-order chi connectivity index (χ0) is 20.4. The molecule has 2 aromatic carbocycles. The molecule has 2 heterocycles. The second-order valence-electron chi connectivity index (χ2n) is 7.19. The Labute approximate surface area is 178 Å². The van der Waals surface area contributed by atoms with Crippen LogP contribution in [0.15, 0.2) is 48.5 Å². The fourth-order valence-corrected chi connectivity index (χ4v) is 5.47. The molecule has 2 saturated heterocycles. The van der Waals surface area contributed by atoms with Crippen molar-refractivity contribution in [1.82, 2.24) is 9.80 Å². The van der Waals surface area contributed by atoms with E-state index >= 15 is 0 Å². The van der Waals surface area contributed by atoms with Crippen molar-refractivity contribution in [3.63, 3.8) is 0 Å². The monoisotopic (exact) mass is 433 g/mol. The van der Waals surface area contributed by atoms with Gasteiger partial charge in [-0.1, -0.05) is 17.7 Å². The first-order valence-corrected chi connectivity index (χ1v) is 10.9. The molecule has 5 nitrogen and oxygen atoms in total. The first kappa shape index (κ1) is 20.0. The Kier molecular flexibility index (Phi) is 5.69. The SMILES string of the molecule is O=C(Nc1cccc(F)c1)N1CCC2(CC1)SCCN2C(=O)c1ccc(Cl)cc1. The van der Waals surface area contributed by atoms with Crippen LogP contribution >= 0.6 is 23.4 Å². The van der Waals surface area contributed by atoms with Gasteiger partial charge in [0.05, 0.1) is 4.87 Å². The van der Waals surface area contributed by atoms with Crippen molar-refractivity contribution in [2.45, 2.75) is 17.7 Å². The average Bonchev–Trinajstić information content (AvgIpc) is 3.11. The third-order valence-electron chi connectivity index (χ3n) is 5.42. The molecule has 3 amide bonds. The van der Waals surface area contributed by atoms with Crippen LogP contribution in [-0.2, 0) is 0 Å². The number of rotatable bonds is 2. The van der Waals surface area contributed by atoms with Crippen molar-refractivity contribution in [2.24, 2.45) is 0 Å². The molecule has 1 N–H and O–H groups in total. The van der Waals surface area contributed by atoms with Gasteiger partial charge in [0.2, 0.25) is 0 Å². The quantitative estimate of drug-likeness (QED) is 0.747. The van der Waals surface area contributed by atoms with E-state index in [2.05, 4.69) is 5.32 Å². The summed E-state index contributed by atoms with van der Waals surface area (Å²) < 4.78 is 13.3. The molecule has 0 atom stereocenters. The van der Waals surface area contributed by atoms with Gasteiger partial charge in [-0.3, -0.25) is 4.79 Å². The molecule has 2 aliphatic heterocycles. The molecular formula is C21H21ClFN3O2S. The van der Waals surface area contributed by atoms with Gasteiger partial charge in [-0.15, -0.1) is 11.8 Å². The van der Waals surface area contributed by atoms with Gasteiger partial charge in [0.1, 0.15) is 5.82 Å². The van der Waals surface area contributed by atoms with E-state index in [1.54, 1.807) is 53.1 Å². The first-order chi connectivity index (χ1) is 14.0. The topological polar surface area (TPSA) is 52.7 Å². The number of likely N-dealkylation sites (tertiary alicyclic amines) is 1. The highest BCUT2D eigenvalue weighted by molar-refractivity contribution is 8.00. The molecule has 0 unspecified atom stereocenters. The summed E-state index contributed by atoms with van der Waals surface area (Å²) in [5.41, 5.74) is 1.06. The van der Waals surface area contributed by atoms with Crippen molar-refractivity contribution in [2.75, 3.05) is 30.7 Å². The lowest BCUT2D eigenvalue weighted by molar-refractivity contribution is 0.0585. The van der Waals surface area contributed by atoms with E-state index in [1.807, 2.05) is 4.90 Å². The van der Waals surface area contributed by atoms with Crippen LogP contribution in [-0.4, -0.2) is 52.0 Å². The van der Waals surface area contributed by atoms with Crippen molar-refractivity contribution in [3.8, 4) is 0 Å². The summed E-state index contributed by atoms with van der Waals surface area (Å²) in [4.78, 5) is 29.0. The Hall–Kier alpha value is -2.25. The number of carbonyl (C=O) groups excluding carboxylic acids is 2. The Morgan fingerprint density at radius 2 is 1.79 bits per heavy atom. The second kappa shape index (κ2) is 8.24. The highest BCUT2D eigenvalue weighted by Gasteiger charge is 2.47. The molecule has 0 bridgehead atoms. The first-order valence-electron chi connectivity index (χ1n) is 9.50. The molecule has 4 rings (SSSR count). The number of anilines is 1. The van der Waals surface area contributed by atoms with E-state index in [0.29, 0.717) is 48.7 Å². The predicted octanol–water partition coefficient (Wildman–Crippen LogP) is 4.69. The minimum absolute atomic E-state index is 0.00401. The lowest BCUT2D eigenvalue weighted by atomic mass is 10.0. The summed E-state index contributed by atoms with van der Waals surface area (Å²) in [7, 11) is 0. The maximum atomic E-state index is 13.3. The summed E-state index contributed by atoms with van der Waals surface area (Å²) in [6.07, 6.45) is 1.40. The summed E-state index contributed by atoms with van der Waals surface area (Å²) in [6, 6.07) is 12.6. The number of benzene rings is 2. The van der Waals surface area contributed by atoms with Gasteiger partial charge in [-0.25, -0.2) is 9.18 Å². The number of hydrogen-bond acceptors (Lipinski definition) is 3. The number of urea groups is 1. The lowest BCUT2D eigenvalue weighted by Crippen LogP contribution is -2.54. The molecule has 0 aromatic heterocycles. The van der Waals surface area contributed by atoms with Crippen LogP contribution in [0.1, 0.15) is 23.2 Å². The Bertz CT molecular complexity index is 916. The molecule has 0 radical (unpaired) electrons. The number of carbonyl (C=O) groups is 2. The Balaban J connectivity index is 1.41. The van der Waals surface area contributed by atoms with Crippen LogP contribution in [0.3, 0.4) is 0 Å². The van der Waals surface area contributed by atoms with Gasteiger partial charge in [0, 0.05) is 41.7 Å². The van der Waals surface area contributed by atoms with E-state index in [1.165, 1.54) is 12.1 Å². The third kappa shape index (κ3) is 4.21. The van der Waals surface area contributed by atoms with Crippen LogP contribution in [0.4, 0.5) is 14.9 Å². The highest BCUT2D eigenvalue weighted by Crippen LogP contribution is 2.44. The Morgan fingerprint density at radius 1 is 1.07 bits per heavy atom. The van der Waals surface area contributed by atoms with Crippen molar-refractivity contribution in [3.05, 3.63) is 64.9 Å². The minimum atomic E-state index is -0.390. The fraction of sp³-hybridized carbons (Fsp3) is 0.333. The van der Waals surface area contributed by atoms with Crippen molar-refractivity contribution >= 4 is 41.0 Å². The largest absolute Gasteiger partial charge is 0.324 e. The number of thioether (sulfide) groups is 1. The number of nitrogens with one attached hydrogen (secondary N) is 1. The number of hydrogen-bond donors (Lipinski definition) is 1. The standard InChI is InChI=1S/C21H21ClFN3O2S/c22-16-6-4-15(5-7-16)19(27)26-12-13-29-21(26)8-10-25(11-9-21)20(28)24-18-3-1-2-17(23)14-18/h1-7,14H,8-13H2,(H,24,28). The van der Waals surface area contributed by atoms with Crippen LogP contribution in [0.25, 0.3) is 0 Å². The molecular weight excluding hydrogens is 413 g/mol. The van der Waals surface area contributed by atoms with E-state index in [-0.39, 0.29) is 22.6 Å². The molecule has 2 aromatic rings. The second-order valence-corrected chi connectivity index (χ2v) is 9.08. The van der Waals surface area contributed by atoms with Crippen molar-refractivity contribution < 1.29 is 14.0 Å². The van der Waals surface area contributed by atoms with E-state index in [9.17, 15) is 14.0 Å². The summed E-state index contributed by atoms with van der Waals surface area (Å²) in [5, 5.41) is 3.35.